The molecule has 2 amide bonds. The normalized spacial score (nSPS) is 18.2. The number of aromatic nitrogens is 4. The minimum absolute atomic E-state index is 0.0852. The Morgan fingerprint density at radius 1 is 1.17 bits per heavy atom. The molecule has 0 radical (unpaired) electrons. The standard InChI is InChI=1S/C23H24F3N7O3/c24-23(25,26)13-4-5-14(28-9-13)11-32(15-6-7-15)22(35)21(34)30-17-10-29-20(27)16-12-33(31-19(16)17)18-3-1-2-8-36-18/h4-5,9-10,12,15,18H,1-3,6-8,11H2,(H2,27,29)(H,30,34). The van der Waals surface area contributed by atoms with Crippen LogP contribution in [0, 0.1) is 0 Å². The summed E-state index contributed by atoms with van der Waals surface area (Å²) in [5.41, 5.74) is 5.97. The molecule has 2 fully saturated rings. The highest BCUT2D eigenvalue weighted by Gasteiger charge is 2.36. The Bertz CT molecular complexity index is 1280. The SMILES string of the molecule is Nc1ncc(NC(=O)C(=O)N(Cc2ccc(C(F)(F)F)cn2)C2CC2)c2nn(C3CCCCO3)cc12. The second-order valence-electron chi connectivity index (χ2n) is 8.90. The number of alkyl halides is 3. The number of nitrogens with zero attached hydrogens (tertiary/aromatic N) is 5. The number of rotatable bonds is 5. The van der Waals surface area contributed by atoms with Crippen molar-refractivity contribution in [3.05, 3.63) is 42.0 Å². The van der Waals surface area contributed by atoms with Gasteiger partial charge in [-0.1, -0.05) is 0 Å². The average Bonchev–Trinajstić information content (AvgIpc) is 3.60. The number of carbonyl (C=O) groups is 2. The second kappa shape index (κ2) is 9.37. The highest BCUT2D eigenvalue weighted by Crippen LogP contribution is 2.32. The van der Waals surface area contributed by atoms with E-state index in [4.69, 9.17) is 10.5 Å². The van der Waals surface area contributed by atoms with Crippen LogP contribution in [0.2, 0.25) is 0 Å². The van der Waals surface area contributed by atoms with Gasteiger partial charge in [0.1, 0.15) is 17.6 Å². The van der Waals surface area contributed by atoms with Crippen molar-refractivity contribution in [1.29, 1.82) is 0 Å². The quantitative estimate of drug-likeness (QED) is 0.512. The van der Waals surface area contributed by atoms with Crippen molar-refractivity contribution in [2.24, 2.45) is 0 Å². The van der Waals surface area contributed by atoms with Gasteiger partial charge in [-0.25, -0.2) is 9.67 Å². The molecular formula is C23H24F3N7O3. The summed E-state index contributed by atoms with van der Waals surface area (Å²) in [7, 11) is 0. The Kier molecular flexibility index (Phi) is 6.24. The van der Waals surface area contributed by atoms with Gasteiger partial charge in [-0.2, -0.15) is 18.3 Å². The van der Waals surface area contributed by atoms with Crippen LogP contribution in [0.15, 0.2) is 30.7 Å². The number of ether oxygens (including phenoxy) is 1. The van der Waals surface area contributed by atoms with Gasteiger partial charge in [-0.05, 0) is 44.2 Å². The molecule has 0 spiro atoms. The van der Waals surface area contributed by atoms with Crippen LogP contribution in [0.3, 0.4) is 0 Å². The number of nitrogens with two attached hydrogens (primary N) is 1. The third kappa shape index (κ3) is 4.96. The van der Waals surface area contributed by atoms with Crippen LogP contribution in [-0.2, 0) is 27.0 Å². The van der Waals surface area contributed by atoms with Crippen molar-refractivity contribution >= 4 is 34.2 Å². The number of anilines is 2. The molecule has 1 saturated heterocycles. The molecule has 0 bridgehead atoms. The molecule has 3 N–H and O–H groups in total. The molecule has 1 saturated carbocycles. The number of nitrogen functional groups attached to an aromatic ring is 1. The smallest absolute Gasteiger partial charge is 0.383 e. The lowest BCUT2D eigenvalue weighted by molar-refractivity contribution is -0.144. The number of pyridine rings is 2. The molecule has 3 aromatic heterocycles. The summed E-state index contributed by atoms with van der Waals surface area (Å²) < 4.78 is 45.9. The maximum atomic E-state index is 13.0. The average molecular weight is 503 g/mol. The maximum absolute atomic E-state index is 13.0. The molecule has 4 heterocycles. The number of nitrogens with one attached hydrogen (secondary N) is 1. The van der Waals surface area contributed by atoms with Gasteiger partial charge in [0, 0.05) is 25.0 Å². The first-order chi connectivity index (χ1) is 17.2. The predicted molar refractivity (Wildman–Crippen MR) is 122 cm³/mol. The minimum Gasteiger partial charge on any atom is -0.383 e. The van der Waals surface area contributed by atoms with Gasteiger partial charge in [0.2, 0.25) is 0 Å². The van der Waals surface area contributed by atoms with Crippen LogP contribution in [0.5, 0.6) is 0 Å². The van der Waals surface area contributed by atoms with E-state index >= 15 is 0 Å². The Balaban J connectivity index is 1.33. The van der Waals surface area contributed by atoms with Crippen LogP contribution in [0.4, 0.5) is 24.7 Å². The van der Waals surface area contributed by atoms with Crippen molar-refractivity contribution < 1.29 is 27.5 Å². The Morgan fingerprint density at radius 2 is 1.97 bits per heavy atom. The van der Waals surface area contributed by atoms with Crippen LogP contribution in [0.25, 0.3) is 10.9 Å². The van der Waals surface area contributed by atoms with Crippen molar-refractivity contribution in [2.45, 2.75) is 57.1 Å². The van der Waals surface area contributed by atoms with E-state index < -0.39 is 23.6 Å². The van der Waals surface area contributed by atoms with Gasteiger partial charge in [0.15, 0.2) is 0 Å². The summed E-state index contributed by atoms with van der Waals surface area (Å²) >= 11 is 0. The topological polar surface area (TPSA) is 128 Å². The van der Waals surface area contributed by atoms with E-state index in [0.29, 0.717) is 36.5 Å². The van der Waals surface area contributed by atoms with Gasteiger partial charge in [0.25, 0.3) is 0 Å². The second-order valence-corrected chi connectivity index (χ2v) is 8.90. The lowest BCUT2D eigenvalue weighted by atomic mass is 10.2. The molecule has 5 rings (SSSR count). The summed E-state index contributed by atoms with van der Waals surface area (Å²) in [6, 6.07) is 1.93. The molecule has 190 valence electrons. The first kappa shape index (κ1) is 24.0. The van der Waals surface area contributed by atoms with Crippen molar-refractivity contribution in [1.82, 2.24) is 24.6 Å². The molecule has 36 heavy (non-hydrogen) atoms. The monoisotopic (exact) mass is 503 g/mol. The number of fused-ring (bicyclic) bond motifs is 1. The number of hydrogen-bond donors (Lipinski definition) is 2. The Morgan fingerprint density at radius 3 is 2.61 bits per heavy atom. The molecule has 13 heteroatoms. The van der Waals surface area contributed by atoms with Gasteiger partial charge in [-0.3, -0.25) is 14.6 Å². The Hall–Kier alpha value is -3.74. The summed E-state index contributed by atoms with van der Waals surface area (Å²) in [5.74, 6) is -1.51. The molecule has 1 aliphatic heterocycles. The van der Waals surface area contributed by atoms with E-state index in [1.165, 1.54) is 17.2 Å². The van der Waals surface area contributed by atoms with E-state index in [-0.39, 0.29) is 36.0 Å². The zero-order valence-electron chi connectivity index (χ0n) is 19.2. The van der Waals surface area contributed by atoms with E-state index in [9.17, 15) is 22.8 Å². The molecule has 1 aliphatic carbocycles. The number of amides is 2. The summed E-state index contributed by atoms with van der Waals surface area (Å²) in [6.45, 7) is 0.537. The molecule has 0 aromatic carbocycles. The van der Waals surface area contributed by atoms with Crippen molar-refractivity contribution in [2.75, 3.05) is 17.7 Å². The third-order valence-corrected chi connectivity index (χ3v) is 6.22. The van der Waals surface area contributed by atoms with Gasteiger partial charge in [0.05, 0.1) is 35.1 Å². The lowest BCUT2D eigenvalue weighted by Crippen LogP contribution is -2.41. The summed E-state index contributed by atoms with van der Waals surface area (Å²) in [4.78, 5) is 35.2. The van der Waals surface area contributed by atoms with Gasteiger partial charge < -0.3 is 20.7 Å². The van der Waals surface area contributed by atoms with E-state index in [0.717, 1.165) is 25.3 Å². The van der Waals surface area contributed by atoms with E-state index in [1.807, 2.05) is 0 Å². The van der Waals surface area contributed by atoms with Gasteiger partial charge in [-0.15, -0.1) is 0 Å². The largest absolute Gasteiger partial charge is 0.417 e. The fourth-order valence-electron chi connectivity index (χ4n) is 4.13. The van der Waals surface area contributed by atoms with Crippen molar-refractivity contribution in [3.8, 4) is 0 Å². The summed E-state index contributed by atoms with van der Waals surface area (Å²) in [5, 5.41) is 7.62. The zero-order chi connectivity index (χ0) is 25.4. The fourth-order valence-corrected chi connectivity index (χ4v) is 4.13. The maximum Gasteiger partial charge on any atom is 0.417 e. The zero-order valence-corrected chi connectivity index (χ0v) is 19.2. The minimum atomic E-state index is -4.51. The lowest BCUT2D eigenvalue weighted by Gasteiger charge is -2.22. The Labute approximate surface area is 203 Å². The highest BCUT2D eigenvalue weighted by atomic mass is 19.4. The molecule has 1 atom stereocenters. The first-order valence-corrected chi connectivity index (χ1v) is 11.6. The van der Waals surface area contributed by atoms with Crippen LogP contribution in [0.1, 0.15) is 49.6 Å². The molecule has 3 aromatic rings. The number of carbonyl (C=O) groups excluding carboxylic acids is 2. The molecule has 2 aliphatic rings. The van der Waals surface area contributed by atoms with E-state index in [1.54, 1.807) is 10.9 Å². The number of halogens is 3. The van der Waals surface area contributed by atoms with Crippen LogP contribution in [-0.4, -0.2) is 49.1 Å². The molecule has 1 unspecified atom stereocenters. The number of hydrogen-bond acceptors (Lipinski definition) is 7. The first-order valence-electron chi connectivity index (χ1n) is 11.6. The molecular weight excluding hydrogens is 479 g/mol. The highest BCUT2D eigenvalue weighted by molar-refractivity contribution is 6.40. The van der Waals surface area contributed by atoms with Gasteiger partial charge >= 0.3 is 18.0 Å². The fraction of sp³-hybridized carbons (Fsp3) is 0.435. The van der Waals surface area contributed by atoms with Crippen LogP contribution >= 0.6 is 0 Å². The third-order valence-electron chi connectivity index (χ3n) is 6.22. The van der Waals surface area contributed by atoms with E-state index in [2.05, 4.69) is 20.4 Å². The van der Waals surface area contributed by atoms with Crippen LogP contribution < -0.4 is 11.1 Å². The molecule has 10 nitrogen and oxygen atoms in total. The summed E-state index contributed by atoms with van der Waals surface area (Å²) in [6.07, 6.45) is 3.14. The van der Waals surface area contributed by atoms with Crippen molar-refractivity contribution in [3.63, 3.8) is 0 Å². The predicted octanol–water partition coefficient (Wildman–Crippen LogP) is 3.26.